The molecule has 1 heterocycles. The average molecular weight is 362 g/mol. The van der Waals surface area contributed by atoms with E-state index in [1.807, 2.05) is 30.3 Å². The first-order valence-corrected chi connectivity index (χ1v) is 9.34. The maximum Gasteiger partial charge on any atom is 0.410 e. The summed E-state index contributed by atoms with van der Waals surface area (Å²) in [5.74, 6) is 0.140. The molecule has 0 spiro atoms. The fraction of sp³-hybridized carbons (Fsp3) is 0.600. The van der Waals surface area contributed by atoms with Crippen LogP contribution in [0.2, 0.25) is 0 Å². The number of carbonyl (C=O) groups is 2. The normalized spacial score (nSPS) is 19.7. The van der Waals surface area contributed by atoms with Gasteiger partial charge in [0.05, 0.1) is 20.3 Å². The molecule has 0 bridgehead atoms. The van der Waals surface area contributed by atoms with Gasteiger partial charge >= 0.3 is 12.2 Å². The number of methoxy groups -OCH3 is 2. The summed E-state index contributed by atoms with van der Waals surface area (Å²) in [6.07, 6.45) is 3.16. The summed E-state index contributed by atoms with van der Waals surface area (Å²) in [7, 11) is 2.83. The van der Waals surface area contributed by atoms with E-state index >= 15 is 0 Å². The van der Waals surface area contributed by atoms with E-state index in [2.05, 4.69) is 6.92 Å². The van der Waals surface area contributed by atoms with Crippen molar-refractivity contribution in [2.75, 3.05) is 33.9 Å². The highest BCUT2D eigenvalue weighted by atomic mass is 16.5. The fourth-order valence-electron chi connectivity index (χ4n) is 3.71. The minimum Gasteiger partial charge on any atom is -0.453 e. The first-order valence-electron chi connectivity index (χ1n) is 9.34. The zero-order valence-electron chi connectivity index (χ0n) is 16.0. The van der Waals surface area contributed by atoms with Crippen LogP contribution in [0.5, 0.6) is 0 Å². The quantitative estimate of drug-likeness (QED) is 0.765. The van der Waals surface area contributed by atoms with Gasteiger partial charge in [-0.15, -0.1) is 0 Å². The highest BCUT2D eigenvalue weighted by Gasteiger charge is 2.37. The number of amides is 2. The van der Waals surface area contributed by atoms with E-state index < -0.39 is 0 Å². The lowest BCUT2D eigenvalue weighted by molar-refractivity contribution is 0.0490. The Morgan fingerprint density at radius 3 is 2.54 bits per heavy atom. The third-order valence-corrected chi connectivity index (χ3v) is 4.98. The number of hydrogen-bond donors (Lipinski definition) is 0. The van der Waals surface area contributed by atoms with Crippen molar-refractivity contribution in [3.8, 4) is 0 Å². The molecule has 26 heavy (non-hydrogen) atoms. The Morgan fingerprint density at radius 1 is 1.19 bits per heavy atom. The number of rotatable bonds is 6. The van der Waals surface area contributed by atoms with Crippen molar-refractivity contribution in [1.82, 2.24) is 9.80 Å². The molecule has 0 N–H and O–H groups in total. The van der Waals surface area contributed by atoms with Gasteiger partial charge in [0.1, 0.15) is 0 Å². The maximum absolute atomic E-state index is 12.3. The van der Waals surface area contributed by atoms with E-state index in [4.69, 9.17) is 9.47 Å². The molecular weight excluding hydrogens is 332 g/mol. The van der Waals surface area contributed by atoms with Crippen LogP contribution in [0.25, 0.3) is 0 Å². The number of ether oxygens (including phenoxy) is 2. The second-order valence-corrected chi connectivity index (χ2v) is 6.69. The molecule has 1 aromatic rings. The molecule has 1 aliphatic heterocycles. The van der Waals surface area contributed by atoms with Gasteiger partial charge in [0.25, 0.3) is 0 Å². The smallest absolute Gasteiger partial charge is 0.410 e. The van der Waals surface area contributed by atoms with Crippen LogP contribution < -0.4 is 0 Å². The van der Waals surface area contributed by atoms with Gasteiger partial charge < -0.3 is 19.3 Å². The van der Waals surface area contributed by atoms with Crippen LogP contribution in [-0.2, 0) is 9.47 Å². The Hall–Kier alpha value is -2.24. The monoisotopic (exact) mass is 362 g/mol. The molecule has 0 aliphatic carbocycles. The van der Waals surface area contributed by atoms with Crippen molar-refractivity contribution < 1.29 is 19.1 Å². The summed E-state index contributed by atoms with van der Waals surface area (Å²) in [5.41, 5.74) is 1.07. The first kappa shape index (κ1) is 20.1. The van der Waals surface area contributed by atoms with Crippen LogP contribution in [0.3, 0.4) is 0 Å². The first-order chi connectivity index (χ1) is 12.6. The summed E-state index contributed by atoms with van der Waals surface area (Å²) < 4.78 is 9.98. The summed E-state index contributed by atoms with van der Waals surface area (Å²) in [5, 5.41) is 0. The minimum absolute atomic E-state index is 0.105. The van der Waals surface area contributed by atoms with E-state index in [1.165, 1.54) is 14.2 Å². The summed E-state index contributed by atoms with van der Waals surface area (Å²) in [6.45, 7) is 4.00. The second kappa shape index (κ2) is 10.0. The lowest BCUT2D eigenvalue weighted by atomic mass is 9.84. The molecule has 6 heteroatoms. The SMILES string of the molecule is CCCCN(CC1CCCN(C(=O)OC)C1c1ccccc1)C(=O)OC. The summed E-state index contributed by atoms with van der Waals surface area (Å²) in [4.78, 5) is 28.1. The minimum atomic E-state index is -0.318. The van der Waals surface area contributed by atoms with Gasteiger partial charge in [-0.05, 0) is 24.8 Å². The van der Waals surface area contributed by atoms with Crippen molar-refractivity contribution in [3.63, 3.8) is 0 Å². The molecule has 0 aromatic heterocycles. The number of benzene rings is 1. The fourth-order valence-corrected chi connectivity index (χ4v) is 3.71. The van der Waals surface area contributed by atoms with Crippen LogP contribution in [0, 0.1) is 5.92 Å². The van der Waals surface area contributed by atoms with E-state index in [-0.39, 0.29) is 24.1 Å². The van der Waals surface area contributed by atoms with Crippen LogP contribution in [0.4, 0.5) is 9.59 Å². The van der Waals surface area contributed by atoms with Gasteiger partial charge in [0.2, 0.25) is 0 Å². The van der Waals surface area contributed by atoms with Crippen LogP contribution in [0.15, 0.2) is 30.3 Å². The maximum atomic E-state index is 12.3. The molecule has 2 atom stereocenters. The molecular formula is C20H30N2O4. The summed E-state index contributed by atoms with van der Waals surface area (Å²) in [6, 6.07) is 9.88. The van der Waals surface area contributed by atoms with Crippen molar-refractivity contribution >= 4 is 12.2 Å². The number of carbonyl (C=O) groups excluding carboxylic acids is 2. The Kier molecular flexibility index (Phi) is 7.75. The third-order valence-electron chi connectivity index (χ3n) is 4.98. The van der Waals surface area contributed by atoms with E-state index in [0.29, 0.717) is 19.6 Å². The molecule has 0 saturated carbocycles. The van der Waals surface area contributed by atoms with E-state index in [9.17, 15) is 9.59 Å². The average Bonchev–Trinajstić information content (AvgIpc) is 2.70. The molecule has 6 nitrogen and oxygen atoms in total. The highest BCUT2D eigenvalue weighted by Crippen LogP contribution is 2.37. The van der Waals surface area contributed by atoms with Crippen molar-refractivity contribution in [2.24, 2.45) is 5.92 Å². The lowest BCUT2D eigenvalue weighted by Gasteiger charge is -2.42. The van der Waals surface area contributed by atoms with Crippen molar-refractivity contribution in [2.45, 2.75) is 38.6 Å². The molecule has 1 fully saturated rings. The molecule has 2 amide bonds. The zero-order valence-corrected chi connectivity index (χ0v) is 16.0. The predicted molar refractivity (Wildman–Crippen MR) is 99.9 cm³/mol. The predicted octanol–water partition coefficient (Wildman–Crippen LogP) is 4.07. The Bertz CT molecular complexity index is 578. The number of nitrogens with zero attached hydrogens (tertiary/aromatic N) is 2. The van der Waals surface area contributed by atoms with Crippen molar-refractivity contribution in [1.29, 1.82) is 0 Å². The van der Waals surface area contributed by atoms with Crippen LogP contribution in [0.1, 0.15) is 44.2 Å². The van der Waals surface area contributed by atoms with Crippen LogP contribution >= 0.6 is 0 Å². The number of hydrogen-bond acceptors (Lipinski definition) is 4. The molecule has 0 radical (unpaired) electrons. The molecule has 1 saturated heterocycles. The Labute approximate surface area is 156 Å². The summed E-state index contributed by atoms with van der Waals surface area (Å²) >= 11 is 0. The molecule has 2 unspecified atom stereocenters. The molecule has 1 aliphatic rings. The van der Waals surface area contributed by atoms with Gasteiger partial charge in [0, 0.05) is 25.6 Å². The molecule has 1 aromatic carbocycles. The van der Waals surface area contributed by atoms with Gasteiger partial charge in [-0.25, -0.2) is 9.59 Å². The van der Waals surface area contributed by atoms with Gasteiger partial charge in [-0.1, -0.05) is 43.7 Å². The second-order valence-electron chi connectivity index (χ2n) is 6.69. The van der Waals surface area contributed by atoms with Crippen LogP contribution in [-0.4, -0.2) is 55.8 Å². The number of unbranched alkanes of at least 4 members (excludes halogenated alkanes) is 1. The Morgan fingerprint density at radius 2 is 1.92 bits per heavy atom. The lowest BCUT2D eigenvalue weighted by Crippen LogP contribution is -2.47. The number of likely N-dealkylation sites (tertiary alicyclic amines) is 1. The highest BCUT2D eigenvalue weighted by molar-refractivity contribution is 5.69. The standard InChI is InChI=1S/C20H30N2O4/c1-4-5-13-21(19(23)25-2)15-17-12-9-14-22(20(24)26-3)18(17)16-10-7-6-8-11-16/h6-8,10-11,17-18H,4-5,9,12-15H2,1-3H3. The molecule has 144 valence electrons. The van der Waals surface area contributed by atoms with Gasteiger partial charge in [-0.3, -0.25) is 0 Å². The Balaban J connectivity index is 2.27. The zero-order chi connectivity index (χ0) is 18.9. The van der Waals surface area contributed by atoms with Gasteiger partial charge in [0.15, 0.2) is 0 Å². The largest absolute Gasteiger partial charge is 0.453 e. The van der Waals surface area contributed by atoms with E-state index in [0.717, 1.165) is 31.2 Å². The number of piperidine rings is 1. The van der Waals surface area contributed by atoms with Gasteiger partial charge in [-0.2, -0.15) is 0 Å². The topological polar surface area (TPSA) is 59.1 Å². The molecule has 2 rings (SSSR count). The van der Waals surface area contributed by atoms with Crippen molar-refractivity contribution in [3.05, 3.63) is 35.9 Å². The van der Waals surface area contributed by atoms with E-state index in [1.54, 1.807) is 9.80 Å². The third kappa shape index (κ3) is 4.90.